The van der Waals surface area contributed by atoms with Crippen LogP contribution in [-0.4, -0.2) is 25.5 Å². The summed E-state index contributed by atoms with van der Waals surface area (Å²) in [5, 5.41) is 0. The van der Waals surface area contributed by atoms with Gasteiger partial charge in [0, 0.05) is 13.1 Å². The summed E-state index contributed by atoms with van der Waals surface area (Å²) in [6, 6.07) is 8.00. The number of fused-ring (bicyclic) bond motifs is 1. The number of benzene rings is 1. The molecule has 4 heteroatoms. The second-order valence-electron chi connectivity index (χ2n) is 3.49. The van der Waals surface area contributed by atoms with Crippen LogP contribution in [0.15, 0.2) is 24.3 Å². The highest BCUT2D eigenvalue weighted by Gasteiger charge is 2.20. The molecule has 0 aromatic heterocycles. The van der Waals surface area contributed by atoms with Gasteiger partial charge in [-0.25, -0.2) is 8.51 Å². The van der Waals surface area contributed by atoms with E-state index in [0.29, 0.717) is 13.1 Å². The third-order valence-electron chi connectivity index (χ3n) is 2.50. The molecule has 1 unspecified atom stereocenters. The largest absolute Gasteiger partial charge is 0.302 e. The SMILES string of the molecule is C=S(=O)(O)N1CCc2ccccc2C1. The van der Waals surface area contributed by atoms with Crippen molar-refractivity contribution in [3.63, 3.8) is 0 Å². The second kappa shape index (κ2) is 3.38. The lowest BCUT2D eigenvalue weighted by Gasteiger charge is -2.28. The maximum absolute atomic E-state index is 11.3. The summed E-state index contributed by atoms with van der Waals surface area (Å²) in [6.45, 7) is 1.13. The van der Waals surface area contributed by atoms with Gasteiger partial charge in [-0.05, 0) is 23.4 Å². The predicted octanol–water partition coefficient (Wildman–Crippen LogP) is 1.15. The molecule has 0 spiro atoms. The van der Waals surface area contributed by atoms with Gasteiger partial charge in [-0.15, -0.1) is 0 Å². The summed E-state index contributed by atoms with van der Waals surface area (Å²) in [7, 11) is -3.04. The van der Waals surface area contributed by atoms with Crippen LogP contribution in [0.1, 0.15) is 11.1 Å². The molecule has 0 saturated carbocycles. The van der Waals surface area contributed by atoms with Crippen LogP contribution in [0.25, 0.3) is 0 Å². The van der Waals surface area contributed by atoms with Crippen molar-refractivity contribution >= 4 is 15.9 Å². The van der Waals surface area contributed by atoms with Crippen LogP contribution in [0.2, 0.25) is 0 Å². The first-order chi connectivity index (χ1) is 6.57. The van der Waals surface area contributed by atoms with Gasteiger partial charge in [0.05, 0.1) is 0 Å². The van der Waals surface area contributed by atoms with E-state index in [0.717, 1.165) is 12.0 Å². The first-order valence-corrected chi connectivity index (χ1v) is 6.13. The normalized spacial score (nSPS) is 21.2. The van der Waals surface area contributed by atoms with E-state index in [1.165, 1.54) is 9.87 Å². The lowest BCUT2D eigenvalue weighted by atomic mass is 10.0. The molecule has 76 valence electrons. The molecule has 1 N–H and O–H groups in total. The van der Waals surface area contributed by atoms with Crippen molar-refractivity contribution in [1.82, 2.24) is 4.31 Å². The summed E-state index contributed by atoms with van der Waals surface area (Å²) in [6.07, 6.45) is 0.823. The fourth-order valence-electron chi connectivity index (χ4n) is 1.71. The molecule has 1 aliphatic heterocycles. The summed E-state index contributed by atoms with van der Waals surface area (Å²) < 4.78 is 22.2. The van der Waals surface area contributed by atoms with Crippen molar-refractivity contribution in [2.45, 2.75) is 13.0 Å². The lowest BCUT2D eigenvalue weighted by molar-refractivity contribution is 0.375. The van der Waals surface area contributed by atoms with E-state index in [9.17, 15) is 8.76 Å². The molecule has 2 rings (SSSR count). The molecular weight excluding hydrogens is 198 g/mol. The van der Waals surface area contributed by atoms with Crippen molar-refractivity contribution in [3.05, 3.63) is 35.4 Å². The van der Waals surface area contributed by atoms with Crippen LogP contribution in [0.3, 0.4) is 0 Å². The van der Waals surface area contributed by atoms with Crippen LogP contribution in [0.5, 0.6) is 0 Å². The topological polar surface area (TPSA) is 40.5 Å². The Balaban J connectivity index is 2.30. The number of rotatable bonds is 1. The third-order valence-corrected chi connectivity index (χ3v) is 3.62. The van der Waals surface area contributed by atoms with Gasteiger partial charge in [0.15, 0.2) is 0 Å². The maximum Gasteiger partial charge on any atom is 0.141 e. The fourth-order valence-corrected chi connectivity index (χ4v) is 2.43. The first-order valence-electron chi connectivity index (χ1n) is 4.49. The second-order valence-corrected chi connectivity index (χ2v) is 5.22. The molecule has 0 aliphatic carbocycles. The Labute approximate surface area is 84.3 Å². The molecule has 1 aliphatic rings. The van der Waals surface area contributed by atoms with Gasteiger partial charge in [-0.1, -0.05) is 24.3 Å². The molecule has 0 fully saturated rings. The number of hydrogen-bond donors (Lipinski definition) is 1. The minimum absolute atomic E-state index is 0.523. The van der Waals surface area contributed by atoms with E-state index in [1.54, 1.807) is 0 Å². The summed E-state index contributed by atoms with van der Waals surface area (Å²) >= 11 is 0. The zero-order valence-electron chi connectivity index (χ0n) is 7.85. The Morgan fingerprint density at radius 3 is 2.64 bits per heavy atom. The van der Waals surface area contributed by atoms with Crippen LogP contribution in [-0.2, 0) is 23.0 Å². The molecule has 1 aromatic rings. The number of nitrogens with zero attached hydrogens (tertiary/aromatic N) is 1. The minimum atomic E-state index is -3.04. The van der Waals surface area contributed by atoms with E-state index >= 15 is 0 Å². The van der Waals surface area contributed by atoms with E-state index in [-0.39, 0.29) is 0 Å². The smallest absolute Gasteiger partial charge is 0.141 e. The standard InChI is InChI=1S/C10H13NO2S/c1-14(12,13)11-7-6-9-4-2-3-5-10(9)8-11/h2-5H,1,6-8H2,(H,12,13). The van der Waals surface area contributed by atoms with Crippen molar-refractivity contribution in [2.24, 2.45) is 0 Å². The monoisotopic (exact) mass is 211 g/mol. The van der Waals surface area contributed by atoms with Gasteiger partial charge in [-0.2, -0.15) is 0 Å². The quantitative estimate of drug-likeness (QED) is 0.708. The van der Waals surface area contributed by atoms with E-state index in [2.05, 4.69) is 11.9 Å². The molecule has 0 bridgehead atoms. The molecule has 1 atom stereocenters. The molecule has 0 amide bonds. The summed E-state index contributed by atoms with van der Waals surface area (Å²) in [4.78, 5) is 0. The van der Waals surface area contributed by atoms with Gasteiger partial charge >= 0.3 is 0 Å². The maximum atomic E-state index is 11.3. The Morgan fingerprint density at radius 1 is 1.36 bits per heavy atom. The molecule has 3 nitrogen and oxygen atoms in total. The van der Waals surface area contributed by atoms with E-state index in [1.807, 2.05) is 18.2 Å². The van der Waals surface area contributed by atoms with Gasteiger partial charge < -0.3 is 4.55 Å². The first kappa shape index (κ1) is 9.71. The van der Waals surface area contributed by atoms with Gasteiger partial charge in [-0.3, -0.25) is 0 Å². The minimum Gasteiger partial charge on any atom is -0.302 e. The average molecular weight is 211 g/mol. The Kier molecular flexibility index (Phi) is 2.34. The molecule has 1 aromatic carbocycles. The average Bonchev–Trinajstić information content (AvgIpc) is 2.16. The van der Waals surface area contributed by atoms with Crippen molar-refractivity contribution < 1.29 is 8.76 Å². The van der Waals surface area contributed by atoms with Crippen LogP contribution >= 0.6 is 0 Å². The lowest BCUT2D eigenvalue weighted by Crippen LogP contribution is -2.35. The highest BCUT2D eigenvalue weighted by atomic mass is 32.2. The van der Waals surface area contributed by atoms with Crippen molar-refractivity contribution in [1.29, 1.82) is 0 Å². The number of hydrogen-bond acceptors (Lipinski definition) is 1. The summed E-state index contributed by atoms with van der Waals surface area (Å²) in [5.41, 5.74) is 2.40. The molecular formula is C10H13NO2S. The molecule has 14 heavy (non-hydrogen) atoms. The zero-order valence-corrected chi connectivity index (χ0v) is 8.67. The Bertz CT molecular complexity index is 439. The zero-order chi connectivity index (χ0) is 10.2. The van der Waals surface area contributed by atoms with Crippen LogP contribution in [0.4, 0.5) is 0 Å². The van der Waals surface area contributed by atoms with Crippen molar-refractivity contribution in [3.8, 4) is 0 Å². The van der Waals surface area contributed by atoms with Gasteiger partial charge in [0.1, 0.15) is 9.99 Å². The van der Waals surface area contributed by atoms with Crippen LogP contribution < -0.4 is 0 Å². The highest BCUT2D eigenvalue weighted by molar-refractivity contribution is 7.92. The highest BCUT2D eigenvalue weighted by Crippen LogP contribution is 2.19. The van der Waals surface area contributed by atoms with E-state index in [4.69, 9.17) is 0 Å². The van der Waals surface area contributed by atoms with E-state index < -0.39 is 9.99 Å². The van der Waals surface area contributed by atoms with Crippen molar-refractivity contribution in [2.75, 3.05) is 6.54 Å². The van der Waals surface area contributed by atoms with Crippen LogP contribution in [0, 0.1) is 0 Å². The van der Waals surface area contributed by atoms with Gasteiger partial charge in [0.2, 0.25) is 0 Å². The molecule has 0 radical (unpaired) electrons. The Morgan fingerprint density at radius 2 is 2.00 bits per heavy atom. The fraction of sp³-hybridized carbons (Fsp3) is 0.300. The predicted molar refractivity (Wildman–Crippen MR) is 58.4 cm³/mol. The Hall–Kier alpha value is -0.840. The molecule has 1 heterocycles. The van der Waals surface area contributed by atoms with Gasteiger partial charge in [0.25, 0.3) is 0 Å². The summed E-state index contributed by atoms with van der Waals surface area (Å²) in [5.74, 6) is 3.28. The molecule has 0 saturated heterocycles. The third kappa shape index (κ3) is 1.82.